The summed E-state index contributed by atoms with van der Waals surface area (Å²) in [5, 5.41) is 23.5. The summed E-state index contributed by atoms with van der Waals surface area (Å²) in [6.07, 6.45) is 19.9. The van der Waals surface area contributed by atoms with Gasteiger partial charge in [0.2, 0.25) is 0 Å². The van der Waals surface area contributed by atoms with Crippen LogP contribution in [0, 0.1) is 0 Å². The van der Waals surface area contributed by atoms with E-state index in [0.717, 1.165) is 109 Å². The molecule has 0 amide bonds. The van der Waals surface area contributed by atoms with Crippen LogP contribution in [0.25, 0.3) is 0 Å². The van der Waals surface area contributed by atoms with E-state index >= 15 is 0 Å². The van der Waals surface area contributed by atoms with Crippen LogP contribution in [0.4, 0.5) is 0 Å². The molecule has 0 unspecified atom stereocenters. The predicted molar refractivity (Wildman–Crippen MR) is 306 cm³/mol. The fraction of sp³-hybridized carbons (Fsp3) is 0.574. The second-order valence-electron chi connectivity index (χ2n) is 20.7. The lowest BCUT2D eigenvalue weighted by Crippen LogP contribution is -2.10. The minimum absolute atomic E-state index is 0.0565. The fourth-order valence-corrected chi connectivity index (χ4v) is 10.5. The molecule has 3 rings (SSSR count). The van der Waals surface area contributed by atoms with Crippen LogP contribution in [-0.2, 0) is 39.6 Å². The third-order valence-corrected chi connectivity index (χ3v) is 14.8. The van der Waals surface area contributed by atoms with Crippen LogP contribution in [0.15, 0.2) is 59.4 Å². The van der Waals surface area contributed by atoms with Crippen molar-refractivity contribution in [2.24, 2.45) is 0 Å². The number of Topliss-reactive ketones (excluding diaryl/α,β-unsaturated/α-hetero) is 4. The molecule has 0 aliphatic rings. The minimum Gasteiger partial charge on any atom is -0.512 e. The SMILES string of the molecule is CCCCCCCC(=O)c1cc(Cc2cc(C(=O)CCCCCCC)cc(CC)c2OP(=O)(O)O)c(O)c(Cc2cc(C(=O)CCCCCCC)cc(C/C(=C/C(C)=C(\O)CCCCCCC)C(C)=O)c2OP(=O)(O)O)c1. The van der Waals surface area contributed by atoms with Gasteiger partial charge in [0.1, 0.15) is 17.2 Å². The number of unbranched alkanes of at least 4 members (excludes halogenated alkanes) is 16. The number of hydrogen-bond acceptors (Lipinski definition) is 10. The first-order chi connectivity index (χ1) is 36.6. The summed E-state index contributed by atoms with van der Waals surface area (Å²) < 4.78 is 36.3. The third-order valence-electron chi connectivity index (χ3n) is 14.0. The molecule has 0 saturated heterocycles. The van der Waals surface area contributed by atoms with E-state index in [-0.39, 0.29) is 130 Å². The predicted octanol–water partition coefficient (Wildman–Crippen LogP) is 16.0. The van der Waals surface area contributed by atoms with Crippen LogP contribution in [0.3, 0.4) is 0 Å². The molecule has 6 N–H and O–H groups in total. The molecule has 0 atom stereocenters. The van der Waals surface area contributed by atoms with Gasteiger partial charge in [0.05, 0.1) is 5.76 Å². The maximum Gasteiger partial charge on any atom is 0.524 e. The Morgan fingerprint density at radius 2 is 0.792 bits per heavy atom. The Kier molecular flexibility index (Phi) is 29.7. The Balaban J connectivity index is 2.40. The van der Waals surface area contributed by atoms with Gasteiger partial charge in [-0.1, -0.05) is 137 Å². The third kappa shape index (κ3) is 24.1. The van der Waals surface area contributed by atoms with E-state index < -0.39 is 21.4 Å². The number of carbonyl (C=O) groups is 4. The van der Waals surface area contributed by atoms with Gasteiger partial charge in [0, 0.05) is 78.3 Å². The van der Waals surface area contributed by atoms with E-state index in [9.17, 15) is 58.1 Å². The van der Waals surface area contributed by atoms with Crippen molar-refractivity contribution in [2.75, 3.05) is 0 Å². The van der Waals surface area contributed by atoms with E-state index in [1.54, 1.807) is 19.9 Å². The molecule has 3 aromatic carbocycles. The smallest absolute Gasteiger partial charge is 0.512 e. The number of allylic oxidation sites excluding steroid dienone is 4. The van der Waals surface area contributed by atoms with Crippen molar-refractivity contribution in [2.45, 2.75) is 228 Å². The quantitative estimate of drug-likeness (QED) is 0.00775. The number of benzene rings is 3. The van der Waals surface area contributed by atoms with Gasteiger partial charge in [-0.3, -0.25) is 38.8 Å². The number of hydrogen-bond donors (Lipinski definition) is 6. The number of rotatable bonds is 40. The minimum atomic E-state index is -5.38. The summed E-state index contributed by atoms with van der Waals surface area (Å²) in [5.74, 6) is -1.89. The normalized spacial score (nSPS) is 12.4. The number of aromatic hydroxyl groups is 1. The highest BCUT2D eigenvalue weighted by Gasteiger charge is 2.28. The van der Waals surface area contributed by atoms with Gasteiger partial charge in [0.15, 0.2) is 23.1 Å². The Morgan fingerprint density at radius 3 is 1.14 bits per heavy atom. The number of ketones is 4. The number of phenolic OH excluding ortho intramolecular Hbond substituents is 1. The molecule has 0 saturated carbocycles. The van der Waals surface area contributed by atoms with E-state index in [1.807, 2.05) is 0 Å². The number of aliphatic hydroxyl groups excluding tert-OH is 1. The summed E-state index contributed by atoms with van der Waals surface area (Å²) in [4.78, 5) is 96.8. The molecule has 0 spiro atoms. The van der Waals surface area contributed by atoms with Crippen molar-refractivity contribution in [3.8, 4) is 17.2 Å². The summed E-state index contributed by atoms with van der Waals surface area (Å²) in [7, 11) is -10.6. The Morgan fingerprint density at radius 1 is 0.468 bits per heavy atom. The zero-order chi connectivity index (χ0) is 57.1. The molecular weight excluding hydrogens is 1020 g/mol. The number of carbonyl (C=O) groups excluding carboxylic acids is 4. The number of phosphoric acid groups is 2. The molecule has 0 aromatic heterocycles. The first-order valence-electron chi connectivity index (χ1n) is 28.4. The number of aliphatic hydroxyl groups is 1. The van der Waals surface area contributed by atoms with Crippen molar-refractivity contribution < 1.29 is 67.1 Å². The lowest BCUT2D eigenvalue weighted by molar-refractivity contribution is -0.113. The van der Waals surface area contributed by atoms with E-state index in [4.69, 9.17) is 9.05 Å². The van der Waals surface area contributed by atoms with Gasteiger partial charge in [-0.05, 0) is 116 Å². The molecule has 0 aliphatic carbocycles. The highest BCUT2D eigenvalue weighted by atomic mass is 31.2. The maximum absolute atomic E-state index is 14.2. The van der Waals surface area contributed by atoms with E-state index in [2.05, 4.69) is 27.7 Å². The standard InChI is InChI=1S/C61H90O14P2/c1-8-13-17-21-25-29-55(63)43(6)33-46(44(7)62)35-52-39-49(58(66)32-28-24-20-16-11-4)40-54(61(52)75-77(71,72)73)42-51-37-48(57(65)31-27-23-19-15-10-3)36-50(59(51)67)41-53-38-47(56(64)30-26-22-18-14-9-2)34-45(12-5)60(53)74-76(68,69)70/h33-34,36-40,63,67H,8-32,35,41-42H2,1-7H3,(H2,68,69,70)(H2,71,72,73)/b46-33-,55-43-. The van der Waals surface area contributed by atoms with Crippen LogP contribution in [0.2, 0.25) is 0 Å². The van der Waals surface area contributed by atoms with Crippen LogP contribution in [0.5, 0.6) is 17.2 Å². The van der Waals surface area contributed by atoms with Crippen LogP contribution < -0.4 is 9.05 Å². The molecule has 428 valence electrons. The zero-order valence-corrected chi connectivity index (χ0v) is 49.0. The number of aryl methyl sites for hydroxylation is 1. The van der Waals surface area contributed by atoms with Crippen LogP contribution in [-0.4, -0.2) is 52.9 Å². The monoisotopic (exact) mass is 1110 g/mol. The van der Waals surface area contributed by atoms with Gasteiger partial charge in [-0.15, -0.1) is 0 Å². The molecule has 0 radical (unpaired) electrons. The maximum atomic E-state index is 14.2. The second kappa shape index (κ2) is 34.4. The molecular formula is C61H90O14P2. The van der Waals surface area contributed by atoms with Crippen LogP contribution >= 0.6 is 15.6 Å². The highest BCUT2D eigenvalue weighted by molar-refractivity contribution is 7.47. The van der Waals surface area contributed by atoms with Crippen LogP contribution in [0.1, 0.15) is 267 Å². The molecule has 14 nitrogen and oxygen atoms in total. The largest absolute Gasteiger partial charge is 0.524 e. The van der Waals surface area contributed by atoms with Gasteiger partial charge in [-0.25, -0.2) is 9.13 Å². The van der Waals surface area contributed by atoms with Crippen molar-refractivity contribution in [3.63, 3.8) is 0 Å². The Labute approximate surface area is 459 Å². The van der Waals surface area contributed by atoms with Gasteiger partial charge < -0.3 is 19.3 Å². The van der Waals surface area contributed by atoms with Gasteiger partial charge >= 0.3 is 15.6 Å². The molecule has 0 fully saturated rings. The van der Waals surface area contributed by atoms with E-state index in [0.29, 0.717) is 42.4 Å². The molecule has 16 heteroatoms. The fourth-order valence-electron chi connectivity index (χ4n) is 9.58. The molecule has 3 aromatic rings. The lowest BCUT2D eigenvalue weighted by atomic mass is 9.88. The van der Waals surface area contributed by atoms with Gasteiger partial charge in [0.25, 0.3) is 0 Å². The van der Waals surface area contributed by atoms with Crippen molar-refractivity contribution in [1.29, 1.82) is 0 Å². The van der Waals surface area contributed by atoms with Crippen molar-refractivity contribution >= 4 is 38.8 Å². The number of phenols is 1. The first-order valence-corrected chi connectivity index (χ1v) is 31.5. The molecule has 0 aliphatic heterocycles. The Hall–Kier alpha value is -4.68. The zero-order valence-electron chi connectivity index (χ0n) is 47.2. The van der Waals surface area contributed by atoms with Crippen molar-refractivity contribution in [1.82, 2.24) is 0 Å². The topological polar surface area (TPSA) is 242 Å². The molecule has 0 bridgehead atoms. The van der Waals surface area contributed by atoms with E-state index in [1.165, 1.54) is 43.3 Å². The van der Waals surface area contributed by atoms with Crippen molar-refractivity contribution in [3.05, 3.63) is 109 Å². The summed E-state index contributed by atoms with van der Waals surface area (Å²) in [6.45, 7) is 13.2. The second-order valence-corrected chi connectivity index (χ2v) is 23.0. The summed E-state index contributed by atoms with van der Waals surface area (Å²) in [6, 6.07) is 8.96. The number of phosphoric ester groups is 2. The lowest BCUT2D eigenvalue weighted by Gasteiger charge is -2.21. The average Bonchev–Trinajstić information content (AvgIpc) is 3.37. The molecule has 0 heterocycles. The first kappa shape index (κ1) is 66.6. The van der Waals surface area contributed by atoms with Gasteiger partial charge in [-0.2, -0.15) is 0 Å². The molecule has 77 heavy (non-hydrogen) atoms. The average molecular weight is 1110 g/mol. The highest BCUT2D eigenvalue weighted by Crippen LogP contribution is 2.46. The Bertz CT molecular complexity index is 2580. The summed E-state index contributed by atoms with van der Waals surface area (Å²) in [5.41, 5.74) is 2.14. The summed E-state index contributed by atoms with van der Waals surface area (Å²) >= 11 is 0.